The summed E-state index contributed by atoms with van der Waals surface area (Å²) in [6.07, 6.45) is -5.12. The minimum absolute atomic E-state index is 0.0825. The summed E-state index contributed by atoms with van der Waals surface area (Å²) in [6.45, 7) is 0. The van der Waals surface area contributed by atoms with Gasteiger partial charge in [-0.15, -0.1) is 11.3 Å². The minimum atomic E-state index is -4.73. The number of aromatic nitrogens is 1. The van der Waals surface area contributed by atoms with Crippen molar-refractivity contribution in [3.8, 4) is 10.4 Å². The average molecular weight is 449 g/mol. The van der Waals surface area contributed by atoms with E-state index >= 15 is 0 Å². The molecule has 5 nitrogen and oxygen atoms in total. The minimum Gasteiger partial charge on any atom is -0.478 e. The van der Waals surface area contributed by atoms with Crippen molar-refractivity contribution in [3.63, 3.8) is 0 Å². The summed E-state index contributed by atoms with van der Waals surface area (Å²) in [6, 6.07) is 8.55. The van der Waals surface area contributed by atoms with E-state index in [1.54, 1.807) is 24.3 Å². The topological polar surface area (TPSA) is 80.4 Å². The molecule has 0 bridgehead atoms. The van der Waals surface area contributed by atoms with Crippen LogP contribution in [0.15, 0.2) is 52.3 Å². The third-order valence-corrected chi connectivity index (χ3v) is 5.57. The molecular formula is C21H11F4NO4S. The van der Waals surface area contributed by atoms with Gasteiger partial charge in [-0.3, -0.25) is 4.79 Å². The fourth-order valence-electron chi connectivity index (χ4n) is 3.07. The largest absolute Gasteiger partial charge is 0.478 e. The molecule has 2 aromatic heterocycles. The molecule has 4 aromatic rings. The van der Waals surface area contributed by atoms with E-state index in [0.717, 1.165) is 17.4 Å². The summed E-state index contributed by atoms with van der Waals surface area (Å²) in [5.41, 5.74) is -0.902. The first-order valence-corrected chi connectivity index (χ1v) is 9.62. The smallest absolute Gasteiger partial charge is 0.416 e. The molecule has 0 aliphatic carbocycles. The Hall–Kier alpha value is -3.53. The van der Waals surface area contributed by atoms with Gasteiger partial charge in [-0.1, -0.05) is 12.1 Å². The van der Waals surface area contributed by atoms with Gasteiger partial charge in [0.15, 0.2) is 5.58 Å². The summed E-state index contributed by atoms with van der Waals surface area (Å²) >= 11 is 0.822. The summed E-state index contributed by atoms with van der Waals surface area (Å²) in [4.78, 5) is 28.4. The first-order valence-electron chi connectivity index (χ1n) is 8.74. The van der Waals surface area contributed by atoms with Crippen LogP contribution in [0.5, 0.6) is 0 Å². The third kappa shape index (κ3) is 3.93. The lowest BCUT2D eigenvalue weighted by molar-refractivity contribution is -0.137. The highest BCUT2D eigenvalue weighted by atomic mass is 32.1. The average Bonchev–Trinajstić information content (AvgIpc) is 3.31. The Bertz CT molecular complexity index is 1290. The number of carbonyl (C=O) groups is 2. The quantitative estimate of drug-likeness (QED) is 0.306. The standard InChI is InChI=1S/C21H11F4NO4S/c22-13-8-11(21(23,24)25)5-6-12(13)18-17(20(28)29)10(9-31-18)7-15(27)19-26-14-3-1-2-4-16(14)30-19/h1-6,8-9H,7H2,(H,28,29). The van der Waals surface area contributed by atoms with E-state index in [2.05, 4.69) is 4.98 Å². The van der Waals surface area contributed by atoms with Gasteiger partial charge >= 0.3 is 12.1 Å². The number of oxazole rings is 1. The number of thiophene rings is 1. The van der Waals surface area contributed by atoms with Gasteiger partial charge in [0.2, 0.25) is 5.78 Å². The van der Waals surface area contributed by atoms with Gasteiger partial charge in [0.05, 0.1) is 16.0 Å². The first-order chi connectivity index (χ1) is 14.6. The van der Waals surface area contributed by atoms with Crippen molar-refractivity contribution >= 4 is 34.2 Å². The summed E-state index contributed by atoms with van der Waals surface area (Å²) in [5.74, 6) is -3.44. The number of Topliss-reactive ketones (excluding diaryl/α,β-unsaturated/α-hetero) is 1. The Labute approximate surface area is 175 Å². The van der Waals surface area contributed by atoms with E-state index in [1.165, 1.54) is 5.38 Å². The Morgan fingerprint density at radius 1 is 1.13 bits per heavy atom. The predicted octanol–water partition coefficient (Wildman–Crippen LogP) is 5.84. The Balaban J connectivity index is 1.69. The lowest BCUT2D eigenvalue weighted by Crippen LogP contribution is -2.09. The second kappa shape index (κ2) is 7.62. The van der Waals surface area contributed by atoms with E-state index in [0.29, 0.717) is 23.2 Å². The van der Waals surface area contributed by atoms with Crippen molar-refractivity contribution in [2.24, 2.45) is 0 Å². The Morgan fingerprint density at radius 2 is 1.87 bits per heavy atom. The van der Waals surface area contributed by atoms with Crippen molar-refractivity contribution in [1.82, 2.24) is 4.98 Å². The molecule has 0 saturated carbocycles. The van der Waals surface area contributed by atoms with Gasteiger partial charge in [0, 0.05) is 12.0 Å². The number of rotatable bonds is 5. The van der Waals surface area contributed by atoms with Crippen molar-refractivity contribution in [1.29, 1.82) is 0 Å². The number of carboxylic acid groups (broad SMARTS) is 1. The van der Waals surface area contributed by atoms with Crippen LogP contribution in [0.2, 0.25) is 0 Å². The molecule has 0 spiro atoms. The molecule has 1 N–H and O–H groups in total. The van der Waals surface area contributed by atoms with Crippen molar-refractivity contribution in [2.45, 2.75) is 12.6 Å². The number of carbonyl (C=O) groups excluding carboxylic acids is 1. The zero-order chi connectivity index (χ0) is 22.3. The second-order valence-corrected chi connectivity index (χ2v) is 7.43. The van der Waals surface area contributed by atoms with Crippen molar-refractivity contribution in [3.05, 3.63) is 76.2 Å². The molecule has 2 aromatic carbocycles. The third-order valence-electron chi connectivity index (χ3n) is 4.51. The zero-order valence-electron chi connectivity index (χ0n) is 15.4. The summed E-state index contributed by atoms with van der Waals surface area (Å²) in [5, 5.41) is 11.0. The predicted molar refractivity (Wildman–Crippen MR) is 104 cm³/mol. The maximum Gasteiger partial charge on any atom is 0.416 e. The molecule has 0 aliphatic heterocycles. The van der Waals surface area contributed by atoms with Crippen LogP contribution in [-0.4, -0.2) is 21.8 Å². The maximum atomic E-state index is 14.4. The van der Waals surface area contributed by atoms with E-state index in [9.17, 15) is 32.3 Å². The number of nitrogens with zero attached hydrogens (tertiary/aromatic N) is 1. The van der Waals surface area contributed by atoms with Gasteiger partial charge in [-0.2, -0.15) is 13.2 Å². The molecule has 0 saturated heterocycles. The summed E-state index contributed by atoms with van der Waals surface area (Å²) < 4.78 is 58.1. The number of alkyl halides is 3. The lowest BCUT2D eigenvalue weighted by Gasteiger charge is -2.09. The Morgan fingerprint density at radius 3 is 2.52 bits per heavy atom. The van der Waals surface area contributed by atoms with Gasteiger partial charge < -0.3 is 9.52 Å². The molecule has 0 amide bonds. The molecule has 0 fully saturated rings. The molecule has 10 heteroatoms. The fraction of sp³-hybridized carbons (Fsp3) is 0.0952. The number of ketones is 1. The van der Waals surface area contributed by atoms with Gasteiger partial charge in [-0.05, 0) is 41.3 Å². The van der Waals surface area contributed by atoms with Crippen LogP contribution in [0.1, 0.15) is 32.2 Å². The van der Waals surface area contributed by atoms with Crippen LogP contribution in [-0.2, 0) is 12.6 Å². The highest BCUT2D eigenvalue weighted by molar-refractivity contribution is 7.14. The normalized spacial score (nSPS) is 11.7. The number of halogens is 4. The molecular weight excluding hydrogens is 438 g/mol. The molecule has 0 aliphatic rings. The number of fused-ring (bicyclic) bond motifs is 1. The van der Waals surface area contributed by atoms with Crippen LogP contribution in [0.25, 0.3) is 21.5 Å². The number of carboxylic acids is 1. The number of hydrogen-bond acceptors (Lipinski definition) is 5. The van der Waals surface area contributed by atoms with Gasteiger partial charge in [0.25, 0.3) is 5.89 Å². The van der Waals surface area contributed by atoms with Crippen LogP contribution < -0.4 is 0 Å². The lowest BCUT2D eigenvalue weighted by atomic mass is 10.0. The number of para-hydroxylation sites is 2. The Kier molecular flexibility index (Phi) is 5.10. The van der Waals surface area contributed by atoms with E-state index in [-0.39, 0.29) is 33.9 Å². The van der Waals surface area contributed by atoms with Gasteiger partial charge in [0.1, 0.15) is 11.3 Å². The number of hydrogen-bond donors (Lipinski definition) is 1. The molecule has 158 valence electrons. The van der Waals surface area contributed by atoms with Crippen LogP contribution in [0.3, 0.4) is 0 Å². The number of aromatic carboxylic acids is 1. The maximum absolute atomic E-state index is 14.4. The number of benzene rings is 2. The highest BCUT2D eigenvalue weighted by Crippen LogP contribution is 2.38. The van der Waals surface area contributed by atoms with E-state index in [1.807, 2.05) is 0 Å². The second-order valence-electron chi connectivity index (χ2n) is 6.55. The molecule has 4 rings (SSSR count). The molecule has 31 heavy (non-hydrogen) atoms. The highest BCUT2D eigenvalue weighted by Gasteiger charge is 2.32. The van der Waals surface area contributed by atoms with E-state index < -0.39 is 29.3 Å². The van der Waals surface area contributed by atoms with Crippen LogP contribution in [0.4, 0.5) is 17.6 Å². The molecule has 0 unspecified atom stereocenters. The van der Waals surface area contributed by atoms with Crippen molar-refractivity contribution in [2.75, 3.05) is 0 Å². The monoisotopic (exact) mass is 449 g/mol. The zero-order valence-corrected chi connectivity index (χ0v) is 16.2. The SMILES string of the molecule is O=C(Cc1csc(-c2ccc(C(F)(F)F)cc2F)c1C(=O)O)c1nc2ccccc2o1. The molecule has 2 heterocycles. The van der Waals surface area contributed by atoms with Crippen molar-refractivity contribution < 1.29 is 36.7 Å². The van der Waals surface area contributed by atoms with Crippen LogP contribution in [0, 0.1) is 5.82 Å². The fourth-order valence-corrected chi connectivity index (χ4v) is 4.16. The van der Waals surface area contributed by atoms with Crippen LogP contribution >= 0.6 is 11.3 Å². The van der Waals surface area contributed by atoms with Gasteiger partial charge in [-0.25, -0.2) is 14.2 Å². The summed E-state index contributed by atoms with van der Waals surface area (Å²) in [7, 11) is 0. The van der Waals surface area contributed by atoms with E-state index in [4.69, 9.17) is 4.42 Å². The molecule has 0 atom stereocenters. The first kappa shape index (κ1) is 20.7. The molecule has 0 radical (unpaired) electrons.